The van der Waals surface area contributed by atoms with Crippen LogP contribution in [0, 0.1) is 5.92 Å². The molecule has 0 aliphatic carbocycles. The fourth-order valence-corrected chi connectivity index (χ4v) is 1.88. The number of carbonyl (C=O) groups excluding carboxylic acids is 1. The van der Waals surface area contributed by atoms with Gasteiger partial charge in [0, 0.05) is 18.9 Å². The van der Waals surface area contributed by atoms with Gasteiger partial charge in [0.25, 0.3) is 6.08 Å². The highest BCUT2D eigenvalue weighted by Crippen LogP contribution is 2.24. The topological polar surface area (TPSA) is 57.6 Å². The number of hydrogen-bond donors (Lipinski definition) is 1. The van der Waals surface area contributed by atoms with Crippen LogP contribution in [0.2, 0.25) is 0 Å². The van der Waals surface area contributed by atoms with Crippen molar-refractivity contribution in [3.05, 3.63) is 12.2 Å². The highest BCUT2D eigenvalue weighted by molar-refractivity contribution is 5.85. The SMILES string of the molecule is CCC(C(=O)O)N1CC(C=C(F)F)CC1=O. The molecule has 16 heavy (non-hydrogen) atoms. The lowest BCUT2D eigenvalue weighted by Crippen LogP contribution is -2.41. The molecule has 0 saturated carbocycles. The minimum Gasteiger partial charge on any atom is -0.480 e. The molecule has 4 nitrogen and oxygen atoms in total. The average molecular weight is 233 g/mol. The molecule has 1 aliphatic rings. The van der Waals surface area contributed by atoms with Gasteiger partial charge in [-0.05, 0) is 12.5 Å². The van der Waals surface area contributed by atoms with Crippen molar-refractivity contribution in [1.29, 1.82) is 0 Å². The number of halogens is 2. The Kier molecular flexibility index (Phi) is 3.98. The van der Waals surface area contributed by atoms with Gasteiger partial charge in [-0.25, -0.2) is 4.79 Å². The van der Waals surface area contributed by atoms with E-state index in [2.05, 4.69) is 0 Å². The van der Waals surface area contributed by atoms with Crippen LogP contribution in [-0.4, -0.2) is 34.5 Å². The number of aliphatic carboxylic acids is 1. The summed E-state index contributed by atoms with van der Waals surface area (Å²) in [6.45, 7) is 1.70. The number of amides is 1. The molecule has 1 fully saturated rings. The van der Waals surface area contributed by atoms with E-state index in [0.29, 0.717) is 6.08 Å². The maximum Gasteiger partial charge on any atom is 0.326 e. The molecule has 0 aromatic carbocycles. The molecule has 0 spiro atoms. The van der Waals surface area contributed by atoms with Crippen LogP contribution >= 0.6 is 0 Å². The fraction of sp³-hybridized carbons (Fsp3) is 0.600. The summed E-state index contributed by atoms with van der Waals surface area (Å²) in [6.07, 6.45) is -0.883. The Morgan fingerprint density at radius 1 is 1.69 bits per heavy atom. The molecule has 1 N–H and O–H groups in total. The van der Waals surface area contributed by atoms with E-state index in [1.54, 1.807) is 6.92 Å². The number of rotatable bonds is 4. The predicted octanol–water partition coefficient (Wildman–Crippen LogP) is 1.48. The average Bonchev–Trinajstić information content (AvgIpc) is 2.46. The number of hydrogen-bond acceptors (Lipinski definition) is 2. The van der Waals surface area contributed by atoms with Gasteiger partial charge in [-0.15, -0.1) is 0 Å². The number of carboxylic acids is 1. The van der Waals surface area contributed by atoms with Crippen molar-refractivity contribution in [2.45, 2.75) is 25.8 Å². The van der Waals surface area contributed by atoms with Crippen LogP contribution in [0.4, 0.5) is 8.78 Å². The zero-order valence-electron chi connectivity index (χ0n) is 8.82. The summed E-state index contributed by atoms with van der Waals surface area (Å²) >= 11 is 0. The summed E-state index contributed by atoms with van der Waals surface area (Å²) in [5, 5.41) is 8.86. The van der Waals surface area contributed by atoms with E-state index in [4.69, 9.17) is 5.11 Å². The second-order valence-corrected chi connectivity index (χ2v) is 3.73. The molecule has 0 aromatic heterocycles. The minimum atomic E-state index is -1.83. The summed E-state index contributed by atoms with van der Waals surface area (Å²) in [5.41, 5.74) is 0. The number of likely N-dealkylation sites (tertiary alicyclic amines) is 1. The zero-order valence-corrected chi connectivity index (χ0v) is 8.82. The quantitative estimate of drug-likeness (QED) is 0.800. The molecule has 0 aromatic rings. The van der Waals surface area contributed by atoms with E-state index >= 15 is 0 Å². The van der Waals surface area contributed by atoms with Gasteiger partial charge >= 0.3 is 5.97 Å². The zero-order chi connectivity index (χ0) is 12.3. The van der Waals surface area contributed by atoms with E-state index in [1.165, 1.54) is 0 Å². The Morgan fingerprint density at radius 2 is 2.31 bits per heavy atom. The third-order valence-corrected chi connectivity index (χ3v) is 2.60. The van der Waals surface area contributed by atoms with Gasteiger partial charge in [0.2, 0.25) is 5.91 Å². The summed E-state index contributed by atoms with van der Waals surface area (Å²) in [6, 6.07) is -0.909. The molecule has 90 valence electrons. The van der Waals surface area contributed by atoms with Crippen LogP contribution in [0.1, 0.15) is 19.8 Å². The summed E-state index contributed by atoms with van der Waals surface area (Å²) < 4.78 is 24.0. The van der Waals surface area contributed by atoms with Crippen LogP contribution in [0.5, 0.6) is 0 Å². The van der Waals surface area contributed by atoms with E-state index in [1.807, 2.05) is 0 Å². The van der Waals surface area contributed by atoms with Gasteiger partial charge in [-0.3, -0.25) is 4.79 Å². The van der Waals surface area contributed by atoms with Crippen molar-refractivity contribution in [2.24, 2.45) is 5.92 Å². The van der Waals surface area contributed by atoms with Crippen LogP contribution in [-0.2, 0) is 9.59 Å². The Hall–Kier alpha value is -1.46. The van der Waals surface area contributed by atoms with Crippen molar-refractivity contribution >= 4 is 11.9 Å². The van der Waals surface area contributed by atoms with Crippen LogP contribution < -0.4 is 0 Å². The fourth-order valence-electron chi connectivity index (χ4n) is 1.88. The summed E-state index contributed by atoms with van der Waals surface area (Å²) in [5.74, 6) is -2.05. The van der Waals surface area contributed by atoms with Crippen LogP contribution in [0.3, 0.4) is 0 Å². The largest absolute Gasteiger partial charge is 0.480 e. The van der Waals surface area contributed by atoms with Crippen molar-refractivity contribution in [3.63, 3.8) is 0 Å². The van der Waals surface area contributed by atoms with Gasteiger partial charge in [0.15, 0.2) is 0 Å². The molecule has 2 atom stereocenters. The third-order valence-electron chi connectivity index (χ3n) is 2.60. The number of carbonyl (C=O) groups is 2. The van der Waals surface area contributed by atoms with Gasteiger partial charge < -0.3 is 10.0 Å². The monoisotopic (exact) mass is 233 g/mol. The van der Waals surface area contributed by atoms with Crippen molar-refractivity contribution in [3.8, 4) is 0 Å². The molecule has 2 unspecified atom stereocenters. The lowest BCUT2D eigenvalue weighted by Gasteiger charge is -2.23. The first-order chi connectivity index (χ1) is 7.45. The van der Waals surface area contributed by atoms with Crippen molar-refractivity contribution < 1.29 is 23.5 Å². The number of nitrogens with zero attached hydrogens (tertiary/aromatic N) is 1. The van der Waals surface area contributed by atoms with Crippen LogP contribution in [0.15, 0.2) is 12.2 Å². The Balaban J connectivity index is 2.74. The smallest absolute Gasteiger partial charge is 0.326 e. The Bertz CT molecular complexity index is 326. The minimum absolute atomic E-state index is 0.0406. The maximum atomic E-state index is 12.0. The van der Waals surface area contributed by atoms with E-state index in [9.17, 15) is 18.4 Å². The van der Waals surface area contributed by atoms with Gasteiger partial charge in [0.05, 0.1) is 0 Å². The van der Waals surface area contributed by atoms with E-state index in [0.717, 1.165) is 4.90 Å². The first-order valence-corrected chi connectivity index (χ1v) is 5.00. The molecule has 6 heteroatoms. The second kappa shape index (κ2) is 5.05. The lowest BCUT2D eigenvalue weighted by atomic mass is 10.1. The Morgan fingerprint density at radius 3 is 2.75 bits per heavy atom. The van der Waals surface area contributed by atoms with Gasteiger partial charge in [-0.1, -0.05) is 6.92 Å². The highest BCUT2D eigenvalue weighted by Gasteiger charge is 2.36. The van der Waals surface area contributed by atoms with Gasteiger partial charge in [-0.2, -0.15) is 8.78 Å². The molecule has 1 rings (SSSR count). The normalized spacial score (nSPS) is 22.1. The molecular weight excluding hydrogens is 220 g/mol. The van der Waals surface area contributed by atoms with Crippen molar-refractivity contribution in [2.75, 3.05) is 6.54 Å². The third kappa shape index (κ3) is 2.77. The first-order valence-electron chi connectivity index (χ1n) is 5.00. The molecule has 1 saturated heterocycles. The maximum absolute atomic E-state index is 12.0. The molecule has 0 radical (unpaired) electrons. The second-order valence-electron chi connectivity index (χ2n) is 3.73. The number of carboxylic acid groups (broad SMARTS) is 1. The lowest BCUT2D eigenvalue weighted by molar-refractivity contribution is -0.148. The predicted molar refractivity (Wildman–Crippen MR) is 51.8 cm³/mol. The molecule has 1 aliphatic heterocycles. The van der Waals surface area contributed by atoms with Crippen LogP contribution in [0.25, 0.3) is 0 Å². The van der Waals surface area contributed by atoms with Gasteiger partial charge in [0.1, 0.15) is 6.04 Å². The Labute approximate surface area is 91.5 Å². The molecular formula is C10H13F2NO3. The first kappa shape index (κ1) is 12.6. The highest BCUT2D eigenvalue weighted by atomic mass is 19.3. The molecule has 1 heterocycles. The van der Waals surface area contributed by atoms with E-state index < -0.39 is 24.0 Å². The summed E-state index contributed by atoms with van der Waals surface area (Å²) in [4.78, 5) is 23.5. The molecule has 0 bridgehead atoms. The van der Waals surface area contributed by atoms with Crippen molar-refractivity contribution in [1.82, 2.24) is 4.90 Å². The molecule has 1 amide bonds. The summed E-state index contributed by atoms with van der Waals surface area (Å²) in [7, 11) is 0. The van der Waals surface area contributed by atoms with E-state index in [-0.39, 0.29) is 25.3 Å². The standard InChI is InChI=1S/C10H13F2NO3/c1-2-7(10(15)16)13-5-6(3-8(11)12)4-9(13)14/h3,6-7H,2,4-5H2,1H3,(H,15,16).